The van der Waals surface area contributed by atoms with Gasteiger partial charge in [0.15, 0.2) is 0 Å². The second kappa shape index (κ2) is 3.92. The average Bonchev–Trinajstić information content (AvgIpc) is 2.05. The van der Waals surface area contributed by atoms with E-state index >= 15 is 0 Å². The van der Waals surface area contributed by atoms with Crippen LogP contribution in [0, 0.1) is 0 Å². The first-order chi connectivity index (χ1) is 5.74. The first kappa shape index (κ1) is 8.80. The van der Waals surface area contributed by atoms with Gasteiger partial charge in [-0.15, -0.1) is 0 Å². The van der Waals surface area contributed by atoms with Gasteiger partial charge in [-0.05, 0) is 29.3 Å². The van der Waals surface area contributed by atoms with E-state index in [1.807, 2.05) is 0 Å². The van der Waals surface area contributed by atoms with Crippen molar-refractivity contribution in [2.75, 3.05) is 0 Å². The predicted molar refractivity (Wildman–Crippen MR) is 41.4 cm³/mol. The van der Waals surface area contributed by atoms with Crippen LogP contribution in [-0.2, 0) is 15.9 Å². The summed E-state index contributed by atoms with van der Waals surface area (Å²) < 4.78 is 20.8. The van der Waals surface area contributed by atoms with Crippen LogP contribution in [0.3, 0.4) is 0 Å². The van der Waals surface area contributed by atoms with Gasteiger partial charge < -0.3 is 4.55 Å². The third kappa shape index (κ3) is 2.10. The lowest BCUT2D eigenvalue weighted by atomic mass is 10.3. The van der Waals surface area contributed by atoms with E-state index in [0.717, 1.165) is 0 Å². The van der Waals surface area contributed by atoms with Crippen LogP contribution >= 0.6 is 0 Å². The highest BCUT2D eigenvalue weighted by Crippen LogP contribution is 2.14. The zero-order valence-corrected chi connectivity index (χ0v) is 6.71. The predicted octanol–water partition coefficient (Wildman–Crippen LogP) is 0.892. The Bertz CT molecular complexity index is 340. The van der Waals surface area contributed by atoms with Crippen molar-refractivity contribution in [1.29, 1.82) is 0 Å². The molecule has 1 unspecified atom stereocenters. The van der Waals surface area contributed by atoms with Crippen LogP contribution in [0.5, 0.6) is 0 Å². The maximum Gasteiger partial charge on any atom is 0.240 e. The molecule has 0 aliphatic carbocycles. The van der Waals surface area contributed by atoms with Crippen LogP contribution in [0.25, 0.3) is 0 Å². The van der Waals surface area contributed by atoms with Crippen LogP contribution < -0.4 is 0 Å². The van der Waals surface area contributed by atoms with Crippen LogP contribution in [0.1, 0.15) is 0 Å². The molecule has 0 heterocycles. The van der Waals surface area contributed by atoms with Gasteiger partial charge in [0.1, 0.15) is 0 Å². The lowest BCUT2D eigenvalue weighted by Crippen LogP contribution is -1.86. The van der Waals surface area contributed by atoms with Gasteiger partial charge in [0, 0.05) is 4.90 Å². The molecule has 0 radical (unpaired) electrons. The molecular weight excluding hydrogens is 178 g/mol. The highest BCUT2D eigenvalue weighted by molar-refractivity contribution is 7.79. The lowest BCUT2D eigenvalue weighted by Gasteiger charge is -2.03. The van der Waals surface area contributed by atoms with E-state index in [2.05, 4.69) is 4.99 Å². The highest BCUT2D eigenvalue weighted by atomic mass is 32.2. The van der Waals surface area contributed by atoms with Crippen molar-refractivity contribution in [1.82, 2.24) is 0 Å². The molecule has 0 aromatic heterocycles. The summed E-state index contributed by atoms with van der Waals surface area (Å²) in [6, 6.07) is 5.71. The molecule has 0 saturated heterocycles. The molecular formula is C7H4NO3S-. The fourth-order valence-corrected chi connectivity index (χ4v) is 1.12. The number of hydrogen-bond acceptors (Lipinski definition) is 4. The Morgan fingerprint density at radius 1 is 1.50 bits per heavy atom. The van der Waals surface area contributed by atoms with Gasteiger partial charge in [-0.1, -0.05) is 6.07 Å². The third-order valence-corrected chi connectivity index (χ3v) is 1.82. The molecule has 0 saturated carbocycles. The number of carbonyl (C=O) groups excluding carboxylic acids is 1. The number of hydrogen-bond donors (Lipinski definition) is 0. The van der Waals surface area contributed by atoms with Crippen molar-refractivity contribution >= 4 is 22.8 Å². The lowest BCUT2D eigenvalue weighted by molar-refractivity contribution is 0.537. The van der Waals surface area contributed by atoms with Crippen molar-refractivity contribution in [2.24, 2.45) is 4.99 Å². The van der Waals surface area contributed by atoms with E-state index < -0.39 is 11.1 Å². The first-order valence-electron chi connectivity index (χ1n) is 3.01. The minimum atomic E-state index is -2.28. The number of aliphatic imine (C=N–C) groups is 1. The Kier molecular flexibility index (Phi) is 2.88. The van der Waals surface area contributed by atoms with Crippen LogP contribution in [0.4, 0.5) is 5.69 Å². The minimum absolute atomic E-state index is 0.103. The molecule has 0 aliphatic heterocycles. The van der Waals surface area contributed by atoms with Crippen molar-refractivity contribution in [3.05, 3.63) is 24.3 Å². The number of rotatable bonds is 2. The maximum absolute atomic E-state index is 10.4. The van der Waals surface area contributed by atoms with Gasteiger partial charge in [0.05, 0.1) is 5.69 Å². The maximum atomic E-state index is 10.4. The molecule has 0 aliphatic rings. The summed E-state index contributed by atoms with van der Waals surface area (Å²) in [5, 5.41) is 0. The molecule has 62 valence electrons. The van der Waals surface area contributed by atoms with Gasteiger partial charge in [0.2, 0.25) is 6.08 Å². The van der Waals surface area contributed by atoms with Gasteiger partial charge in [0.25, 0.3) is 0 Å². The van der Waals surface area contributed by atoms with Crippen molar-refractivity contribution in [3.8, 4) is 0 Å². The fraction of sp³-hybridized carbons (Fsp3) is 0. The molecule has 0 spiro atoms. The van der Waals surface area contributed by atoms with Gasteiger partial charge in [-0.2, -0.15) is 4.99 Å². The molecule has 0 amide bonds. The number of isocyanates is 1. The second-order valence-corrected chi connectivity index (χ2v) is 2.88. The smallest absolute Gasteiger partial charge is 0.240 e. The molecule has 1 aromatic carbocycles. The summed E-state index contributed by atoms with van der Waals surface area (Å²) in [6.45, 7) is 0. The quantitative estimate of drug-likeness (QED) is 0.387. The highest BCUT2D eigenvalue weighted by Gasteiger charge is 1.93. The minimum Gasteiger partial charge on any atom is -0.768 e. The van der Waals surface area contributed by atoms with Crippen molar-refractivity contribution in [2.45, 2.75) is 4.90 Å². The average molecular weight is 182 g/mol. The van der Waals surface area contributed by atoms with E-state index in [1.165, 1.54) is 30.3 Å². The topological polar surface area (TPSA) is 69.6 Å². The van der Waals surface area contributed by atoms with Crippen LogP contribution in [-0.4, -0.2) is 14.8 Å². The Morgan fingerprint density at radius 3 is 2.83 bits per heavy atom. The zero-order chi connectivity index (χ0) is 8.97. The van der Waals surface area contributed by atoms with Crippen LogP contribution in [0.15, 0.2) is 34.2 Å². The molecule has 0 N–H and O–H groups in total. The summed E-state index contributed by atoms with van der Waals surface area (Å²) >= 11 is -2.28. The molecule has 4 nitrogen and oxygen atoms in total. The standard InChI is InChI=1S/C7H5NO3S/c9-5-8-6-2-1-3-7(4-6)12(10)11/h1-4H,(H,10,11)/p-1. The van der Waals surface area contributed by atoms with Gasteiger partial charge in [-0.3, -0.25) is 4.21 Å². The molecule has 5 heteroatoms. The van der Waals surface area contributed by atoms with E-state index in [9.17, 15) is 13.6 Å². The van der Waals surface area contributed by atoms with Crippen molar-refractivity contribution in [3.63, 3.8) is 0 Å². The van der Waals surface area contributed by atoms with Crippen molar-refractivity contribution < 1.29 is 13.6 Å². The van der Waals surface area contributed by atoms with Gasteiger partial charge in [-0.25, -0.2) is 4.79 Å². The normalized spacial score (nSPS) is 11.8. The van der Waals surface area contributed by atoms with E-state index in [1.54, 1.807) is 0 Å². The summed E-state index contributed by atoms with van der Waals surface area (Å²) in [5.74, 6) is 0. The SMILES string of the molecule is O=C=Nc1cccc(S(=O)[O-])c1. The summed E-state index contributed by atoms with van der Waals surface area (Å²) in [5.41, 5.74) is 0.284. The molecule has 1 aromatic rings. The summed E-state index contributed by atoms with van der Waals surface area (Å²) in [4.78, 5) is 13.2. The Labute approximate surface area is 71.2 Å². The third-order valence-electron chi connectivity index (χ3n) is 1.18. The zero-order valence-electron chi connectivity index (χ0n) is 5.89. The summed E-state index contributed by atoms with van der Waals surface area (Å²) in [7, 11) is 0. The van der Waals surface area contributed by atoms with Gasteiger partial charge >= 0.3 is 0 Å². The molecule has 1 rings (SSSR count). The molecule has 0 fully saturated rings. The number of nitrogens with zero attached hydrogens (tertiary/aromatic N) is 1. The van der Waals surface area contributed by atoms with E-state index in [-0.39, 0.29) is 10.6 Å². The van der Waals surface area contributed by atoms with E-state index in [4.69, 9.17) is 0 Å². The van der Waals surface area contributed by atoms with E-state index in [0.29, 0.717) is 0 Å². The Hall–Kier alpha value is -1.29. The Balaban J connectivity index is 3.11. The Morgan fingerprint density at radius 2 is 2.25 bits per heavy atom. The first-order valence-corrected chi connectivity index (χ1v) is 4.09. The summed E-state index contributed by atoms with van der Waals surface area (Å²) in [6.07, 6.45) is 1.32. The molecule has 1 atom stereocenters. The van der Waals surface area contributed by atoms with Crippen LogP contribution in [0.2, 0.25) is 0 Å². The fourth-order valence-electron chi connectivity index (χ4n) is 0.709. The second-order valence-electron chi connectivity index (χ2n) is 1.94. The number of benzene rings is 1. The molecule has 12 heavy (non-hydrogen) atoms. The monoisotopic (exact) mass is 182 g/mol. The molecule has 0 bridgehead atoms. The largest absolute Gasteiger partial charge is 0.768 e.